The Morgan fingerprint density at radius 3 is 2.50 bits per heavy atom. The molecule has 1 nitrogen and oxygen atoms in total. The molecule has 1 aliphatic heterocycles. The summed E-state index contributed by atoms with van der Waals surface area (Å²) in [5.41, 5.74) is 2.74. The van der Waals surface area contributed by atoms with E-state index in [1.165, 1.54) is 43.5 Å². The number of hydrogen-bond donors (Lipinski definition) is 0. The molecule has 1 heterocycles. The van der Waals surface area contributed by atoms with Crippen molar-refractivity contribution in [1.29, 1.82) is 0 Å². The SMILES string of the molecule is CC(C)C/C=C(\C=C\c1ccccc1)CN1CCCC1. The van der Waals surface area contributed by atoms with Crippen molar-refractivity contribution >= 4 is 6.08 Å². The van der Waals surface area contributed by atoms with Crippen LogP contribution in [-0.2, 0) is 0 Å². The molecule has 0 atom stereocenters. The lowest BCUT2D eigenvalue weighted by molar-refractivity contribution is 0.371. The van der Waals surface area contributed by atoms with Gasteiger partial charge in [0.25, 0.3) is 0 Å². The van der Waals surface area contributed by atoms with Crippen molar-refractivity contribution in [3.05, 3.63) is 53.6 Å². The minimum absolute atomic E-state index is 0.730. The smallest absolute Gasteiger partial charge is 0.0230 e. The first-order valence-electron chi connectivity index (χ1n) is 7.88. The van der Waals surface area contributed by atoms with Crippen molar-refractivity contribution in [2.45, 2.75) is 33.1 Å². The van der Waals surface area contributed by atoms with Gasteiger partial charge < -0.3 is 0 Å². The van der Waals surface area contributed by atoms with E-state index in [9.17, 15) is 0 Å². The van der Waals surface area contributed by atoms with E-state index in [4.69, 9.17) is 0 Å². The second-order valence-electron chi connectivity index (χ2n) is 6.14. The van der Waals surface area contributed by atoms with E-state index >= 15 is 0 Å². The lowest BCUT2D eigenvalue weighted by Gasteiger charge is -2.15. The summed E-state index contributed by atoms with van der Waals surface area (Å²) < 4.78 is 0. The lowest BCUT2D eigenvalue weighted by Crippen LogP contribution is -2.21. The standard InChI is InChI=1S/C19H27N/c1-17(2)10-11-19(16-20-14-6-7-15-20)13-12-18-8-4-3-5-9-18/h3-5,8-9,11-13,17H,6-7,10,14-16H2,1-2H3/b13-12+,19-11+. The molecule has 0 amide bonds. The molecule has 1 saturated heterocycles. The zero-order valence-electron chi connectivity index (χ0n) is 12.9. The van der Waals surface area contributed by atoms with Crippen molar-refractivity contribution in [3.8, 4) is 0 Å². The van der Waals surface area contributed by atoms with Crippen LogP contribution in [0.2, 0.25) is 0 Å². The van der Waals surface area contributed by atoms with Crippen LogP contribution in [0.3, 0.4) is 0 Å². The highest BCUT2D eigenvalue weighted by Crippen LogP contribution is 2.14. The van der Waals surface area contributed by atoms with Gasteiger partial charge in [0.15, 0.2) is 0 Å². The molecule has 1 aliphatic rings. The van der Waals surface area contributed by atoms with Crippen LogP contribution < -0.4 is 0 Å². The molecule has 1 aromatic rings. The summed E-state index contributed by atoms with van der Waals surface area (Å²) in [6.07, 6.45) is 10.8. The number of allylic oxidation sites excluding steroid dienone is 1. The summed E-state index contributed by atoms with van der Waals surface area (Å²) in [6, 6.07) is 10.6. The van der Waals surface area contributed by atoms with Gasteiger partial charge in [-0.25, -0.2) is 0 Å². The summed E-state index contributed by atoms with van der Waals surface area (Å²) in [4.78, 5) is 2.57. The van der Waals surface area contributed by atoms with Gasteiger partial charge in [0, 0.05) is 6.54 Å². The Morgan fingerprint density at radius 2 is 1.85 bits per heavy atom. The molecule has 0 aromatic heterocycles. The van der Waals surface area contributed by atoms with Crippen molar-refractivity contribution in [1.82, 2.24) is 4.90 Å². The Balaban J connectivity index is 2.01. The third kappa shape index (κ3) is 5.34. The van der Waals surface area contributed by atoms with Gasteiger partial charge in [-0.15, -0.1) is 0 Å². The molecule has 0 aliphatic carbocycles. The Morgan fingerprint density at radius 1 is 1.15 bits per heavy atom. The van der Waals surface area contributed by atoms with Crippen LogP contribution >= 0.6 is 0 Å². The van der Waals surface area contributed by atoms with Crippen LogP contribution in [0.25, 0.3) is 6.08 Å². The molecule has 1 fully saturated rings. The van der Waals surface area contributed by atoms with Crippen molar-refractivity contribution in [2.75, 3.05) is 19.6 Å². The average Bonchev–Trinajstić information content (AvgIpc) is 2.96. The van der Waals surface area contributed by atoms with Gasteiger partial charge in [0.1, 0.15) is 0 Å². The number of likely N-dealkylation sites (tertiary alicyclic amines) is 1. The minimum Gasteiger partial charge on any atom is -0.299 e. The average molecular weight is 269 g/mol. The second-order valence-corrected chi connectivity index (χ2v) is 6.14. The zero-order valence-corrected chi connectivity index (χ0v) is 12.9. The summed E-state index contributed by atoms with van der Waals surface area (Å²) >= 11 is 0. The highest BCUT2D eigenvalue weighted by molar-refractivity contribution is 5.52. The Bertz CT molecular complexity index is 436. The van der Waals surface area contributed by atoms with Gasteiger partial charge in [-0.1, -0.05) is 62.4 Å². The molecule has 0 saturated carbocycles. The Hall–Kier alpha value is -1.34. The second kappa shape index (κ2) is 8.06. The summed E-state index contributed by atoms with van der Waals surface area (Å²) in [5, 5.41) is 0. The van der Waals surface area contributed by atoms with Crippen LogP contribution in [0.15, 0.2) is 48.1 Å². The first kappa shape index (κ1) is 15.1. The fraction of sp³-hybridized carbons (Fsp3) is 0.474. The predicted octanol–water partition coefficient (Wildman–Crippen LogP) is 4.77. The van der Waals surface area contributed by atoms with Crippen molar-refractivity contribution < 1.29 is 0 Å². The molecule has 0 unspecified atom stereocenters. The van der Waals surface area contributed by atoms with E-state index in [1.807, 2.05) is 0 Å². The number of benzene rings is 1. The van der Waals surface area contributed by atoms with E-state index in [0.717, 1.165) is 12.5 Å². The largest absolute Gasteiger partial charge is 0.299 e. The van der Waals surface area contributed by atoms with Gasteiger partial charge in [-0.3, -0.25) is 4.90 Å². The predicted molar refractivity (Wildman–Crippen MR) is 88.7 cm³/mol. The van der Waals surface area contributed by atoms with E-state index in [1.54, 1.807) is 0 Å². The molecule has 1 aromatic carbocycles. The van der Waals surface area contributed by atoms with Gasteiger partial charge in [-0.05, 0) is 49.4 Å². The zero-order chi connectivity index (χ0) is 14.2. The molecule has 2 rings (SSSR count). The summed E-state index contributed by atoms with van der Waals surface area (Å²) in [6.45, 7) is 8.20. The van der Waals surface area contributed by atoms with E-state index in [-0.39, 0.29) is 0 Å². The quantitative estimate of drug-likeness (QED) is 0.672. The Kier molecular flexibility index (Phi) is 6.07. The number of hydrogen-bond acceptors (Lipinski definition) is 1. The molecule has 1 heteroatoms. The monoisotopic (exact) mass is 269 g/mol. The third-order valence-electron chi connectivity index (χ3n) is 3.75. The van der Waals surface area contributed by atoms with Crippen LogP contribution in [0.4, 0.5) is 0 Å². The molecule has 0 radical (unpaired) electrons. The van der Waals surface area contributed by atoms with Gasteiger partial charge in [0.2, 0.25) is 0 Å². The molecule has 0 N–H and O–H groups in total. The fourth-order valence-corrected chi connectivity index (χ4v) is 2.54. The highest BCUT2D eigenvalue weighted by atomic mass is 15.1. The van der Waals surface area contributed by atoms with Gasteiger partial charge in [-0.2, -0.15) is 0 Å². The number of nitrogens with zero attached hydrogens (tertiary/aromatic N) is 1. The van der Waals surface area contributed by atoms with Crippen LogP contribution in [-0.4, -0.2) is 24.5 Å². The topological polar surface area (TPSA) is 3.24 Å². The summed E-state index contributed by atoms with van der Waals surface area (Å²) in [5.74, 6) is 0.730. The summed E-state index contributed by atoms with van der Waals surface area (Å²) in [7, 11) is 0. The molecule has 0 spiro atoms. The third-order valence-corrected chi connectivity index (χ3v) is 3.75. The maximum Gasteiger partial charge on any atom is 0.0230 e. The van der Waals surface area contributed by atoms with Gasteiger partial charge in [0.05, 0.1) is 0 Å². The molecular formula is C19H27N. The van der Waals surface area contributed by atoms with E-state index in [2.05, 4.69) is 67.3 Å². The normalized spacial score (nSPS) is 17.4. The minimum atomic E-state index is 0.730. The number of rotatable bonds is 6. The highest BCUT2D eigenvalue weighted by Gasteiger charge is 2.11. The fourth-order valence-electron chi connectivity index (χ4n) is 2.54. The first-order valence-corrected chi connectivity index (χ1v) is 7.88. The van der Waals surface area contributed by atoms with Crippen molar-refractivity contribution in [3.63, 3.8) is 0 Å². The Labute approximate surface area is 124 Å². The van der Waals surface area contributed by atoms with E-state index in [0.29, 0.717) is 0 Å². The maximum absolute atomic E-state index is 2.57. The van der Waals surface area contributed by atoms with Crippen LogP contribution in [0, 0.1) is 5.92 Å². The molecule has 20 heavy (non-hydrogen) atoms. The van der Waals surface area contributed by atoms with Crippen LogP contribution in [0.1, 0.15) is 38.7 Å². The van der Waals surface area contributed by atoms with Crippen molar-refractivity contribution in [2.24, 2.45) is 5.92 Å². The van der Waals surface area contributed by atoms with Gasteiger partial charge >= 0.3 is 0 Å². The lowest BCUT2D eigenvalue weighted by atomic mass is 10.1. The molecular weight excluding hydrogens is 242 g/mol. The molecule has 0 bridgehead atoms. The van der Waals surface area contributed by atoms with E-state index < -0.39 is 0 Å². The van der Waals surface area contributed by atoms with Crippen LogP contribution in [0.5, 0.6) is 0 Å². The maximum atomic E-state index is 2.57. The molecule has 108 valence electrons. The first-order chi connectivity index (χ1) is 9.74.